The lowest BCUT2D eigenvalue weighted by molar-refractivity contribution is 0.236. The zero-order valence-electron chi connectivity index (χ0n) is 10.1. The van der Waals surface area contributed by atoms with Crippen LogP contribution in [0.4, 0.5) is 10.5 Å². The lowest BCUT2D eigenvalue weighted by Gasteiger charge is -2.33. The van der Waals surface area contributed by atoms with Crippen LogP contribution in [0, 0.1) is 12.8 Å². The normalized spacial score (nSPS) is 20.2. The van der Waals surface area contributed by atoms with Crippen molar-refractivity contribution in [3.63, 3.8) is 0 Å². The van der Waals surface area contributed by atoms with E-state index in [0.717, 1.165) is 30.8 Å². The molecule has 1 unspecified atom stereocenters. The van der Waals surface area contributed by atoms with Crippen LogP contribution in [0.5, 0.6) is 0 Å². The Morgan fingerprint density at radius 2 is 2.35 bits per heavy atom. The van der Waals surface area contributed by atoms with Gasteiger partial charge in [-0.25, -0.2) is 4.79 Å². The molecule has 0 radical (unpaired) electrons. The first kappa shape index (κ1) is 11.9. The van der Waals surface area contributed by atoms with Crippen LogP contribution in [0.15, 0.2) is 24.3 Å². The molecule has 0 aromatic heterocycles. The molecule has 92 valence electrons. The maximum absolute atomic E-state index is 11.8. The van der Waals surface area contributed by atoms with E-state index in [4.69, 9.17) is 5.73 Å². The van der Waals surface area contributed by atoms with Crippen molar-refractivity contribution < 1.29 is 4.79 Å². The first-order valence-corrected chi connectivity index (χ1v) is 6.03. The zero-order chi connectivity index (χ0) is 12.3. The summed E-state index contributed by atoms with van der Waals surface area (Å²) in [5.41, 5.74) is 7.70. The van der Waals surface area contributed by atoms with Crippen molar-refractivity contribution in [1.82, 2.24) is 5.32 Å². The molecule has 0 bridgehead atoms. The summed E-state index contributed by atoms with van der Waals surface area (Å²) in [6, 6.07) is 8.00. The molecule has 1 aromatic rings. The number of benzene rings is 1. The monoisotopic (exact) mass is 233 g/mol. The van der Waals surface area contributed by atoms with E-state index in [0.29, 0.717) is 12.5 Å². The summed E-state index contributed by atoms with van der Waals surface area (Å²) >= 11 is 0. The fraction of sp³-hybridized carbons (Fsp3) is 0.462. The lowest BCUT2D eigenvalue weighted by atomic mass is 10.0. The molecule has 1 aliphatic heterocycles. The minimum atomic E-state index is -0.0103. The van der Waals surface area contributed by atoms with Gasteiger partial charge in [-0.3, -0.25) is 4.90 Å². The molecular weight excluding hydrogens is 214 g/mol. The minimum Gasteiger partial charge on any atom is -0.337 e. The van der Waals surface area contributed by atoms with Crippen molar-refractivity contribution >= 4 is 11.7 Å². The number of aryl methyl sites for hydroxylation is 1. The first-order valence-electron chi connectivity index (χ1n) is 6.03. The van der Waals surface area contributed by atoms with Gasteiger partial charge < -0.3 is 11.1 Å². The Morgan fingerprint density at radius 3 is 3.06 bits per heavy atom. The number of nitrogens with two attached hydrogens (primary N) is 1. The molecular formula is C13H19N3O. The van der Waals surface area contributed by atoms with Gasteiger partial charge in [-0.15, -0.1) is 0 Å². The minimum absolute atomic E-state index is 0.0103. The fourth-order valence-electron chi connectivity index (χ4n) is 2.18. The van der Waals surface area contributed by atoms with Gasteiger partial charge in [-0.1, -0.05) is 12.1 Å². The van der Waals surface area contributed by atoms with Crippen molar-refractivity contribution in [1.29, 1.82) is 0 Å². The lowest BCUT2D eigenvalue weighted by Crippen LogP contribution is -2.51. The first-order chi connectivity index (χ1) is 8.20. The summed E-state index contributed by atoms with van der Waals surface area (Å²) in [6.07, 6.45) is 0.947. The van der Waals surface area contributed by atoms with Crippen molar-refractivity contribution in [2.24, 2.45) is 11.7 Å². The number of hydrogen-bond donors (Lipinski definition) is 2. The predicted molar refractivity (Wildman–Crippen MR) is 69.1 cm³/mol. The molecule has 0 spiro atoms. The van der Waals surface area contributed by atoms with Crippen LogP contribution in [0.2, 0.25) is 0 Å². The summed E-state index contributed by atoms with van der Waals surface area (Å²) in [6.45, 7) is 4.19. The summed E-state index contributed by atoms with van der Waals surface area (Å²) in [5.74, 6) is 0.443. The van der Waals surface area contributed by atoms with Crippen LogP contribution in [0.25, 0.3) is 0 Å². The number of rotatable bonds is 3. The molecule has 0 saturated carbocycles. The third-order valence-electron chi connectivity index (χ3n) is 3.12. The molecule has 1 saturated heterocycles. The summed E-state index contributed by atoms with van der Waals surface area (Å²) in [5, 5.41) is 2.92. The molecule has 17 heavy (non-hydrogen) atoms. The van der Waals surface area contributed by atoms with E-state index >= 15 is 0 Å². The smallest absolute Gasteiger partial charge is 0.321 e. The second kappa shape index (κ2) is 5.19. The van der Waals surface area contributed by atoms with Crippen LogP contribution >= 0.6 is 0 Å². The average molecular weight is 233 g/mol. The van der Waals surface area contributed by atoms with Crippen LogP contribution in [-0.4, -0.2) is 25.7 Å². The highest BCUT2D eigenvalue weighted by molar-refractivity contribution is 5.92. The van der Waals surface area contributed by atoms with Gasteiger partial charge in [-0.2, -0.15) is 0 Å². The maximum atomic E-state index is 11.8. The number of carbonyl (C=O) groups is 1. The SMILES string of the molecule is Cc1cccc(N2CC(CCN)CNC2=O)c1. The third kappa shape index (κ3) is 2.77. The molecule has 1 aliphatic rings. The number of urea groups is 1. The standard InChI is InChI=1S/C13H19N3O/c1-10-3-2-4-12(7-10)16-9-11(5-6-14)8-15-13(16)17/h2-4,7,11H,5-6,8-9,14H2,1H3,(H,15,17). The van der Waals surface area contributed by atoms with E-state index in [1.165, 1.54) is 0 Å². The topological polar surface area (TPSA) is 58.4 Å². The summed E-state index contributed by atoms with van der Waals surface area (Å²) in [4.78, 5) is 13.6. The molecule has 0 aliphatic carbocycles. The Labute approximate surface area is 102 Å². The Bertz CT molecular complexity index is 405. The Morgan fingerprint density at radius 1 is 1.53 bits per heavy atom. The molecule has 1 heterocycles. The molecule has 2 amide bonds. The predicted octanol–water partition coefficient (Wildman–Crippen LogP) is 1.49. The molecule has 2 rings (SSSR count). The number of nitrogens with one attached hydrogen (secondary N) is 1. The highest BCUT2D eigenvalue weighted by atomic mass is 16.2. The summed E-state index contributed by atoms with van der Waals surface area (Å²) < 4.78 is 0. The van der Waals surface area contributed by atoms with Crippen LogP contribution in [0.3, 0.4) is 0 Å². The largest absolute Gasteiger partial charge is 0.337 e. The Hall–Kier alpha value is -1.55. The second-order valence-corrected chi connectivity index (χ2v) is 4.58. The molecule has 1 fully saturated rings. The van der Waals surface area contributed by atoms with Crippen molar-refractivity contribution in [2.45, 2.75) is 13.3 Å². The number of amides is 2. The molecule has 3 N–H and O–H groups in total. The van der Waals surface area contributed by atoms with Crippen molar-refractivity contribution in [3.8, 4) is 0 Å². The van der Waals surface area contributed by atoms with Gasteiger partial charge in [0, 0.05) is 18.8 Å². The Kier molecular flexibility index (Phi) is 3.64. The van der Waals surface area contributed by atoms with Gasteiger partial charge in [0.1, 0.15) is 0 Å². The Balaban J connectivity index is 2.15. The quantitative estimate of drug-likeness (QED) is 0.831. The van der Waals surface area contributed by atoms with Crippen LogP contribution in [-0.2, 0) is 0 Å². The number of carbonyl (C=O) groups excluding carboxylic acids is 1. The third-order valence-corrected chi connectivity index (χ3v) is 3.12. The van der Waals surface area contributed by atoms with Gasteiger partial charge >= 0.3 is 6.03 Å². The van der Waals surface area contributed by atoms with E-state index in [1.807, 2.05) is 31.2 Å². The van der Waals surface area contributed by atoms with E-state index < -0.39 is 0 Å². The van der Waals surface area contributed by atoms with Gasteiger partial charge in [0.05, 0.1) is 0 Å². The molecule has 4 nitrogen and oxygen atoms in total. The van der Waals surface area contributed by atoms with E-state index in [-0.39, 0.29) is 6.03 Å². The van der Waals surface area contributed by atoms with E-state index in [2.05, 4.69) is 5.32 Å². The van der Waals surface area contributed by atoms with Crippen LogP contribution in [0.1, 0.15) is 12.0 Å². The van der Waals surface area contributed by atoms with Gasteiger partial charge in [0.2, 0.25) is 0 Å². The van der Waals surface area contributed by atoms with Crippen molar-refractivity contribution in [3.05, 3.63) is 29.8 Å². The van der Waals surface area contributed by atoms with Gasteiger partial charge in [-0.05, 0) is 43.5 Å². The van der Waals surface area contributed by atoms with E-state index in [9.17, 15) is 4.79 Å². The molecule has 4 heteroatoms. The fourth-order valence-corrected chi connectivity index (χ4v) is 2.18. The summed E-state index contributed by atoms with van der Waals surface area (Å²) in [7, 11) is 0. The van der Waals surface area contributed by atoms with Gasteiger partial charge in [0.25, 0.3) is 0 Å². The molecule has 1 aromatic carbocycles. The maximum Gasteiger partial charge on any atom is 0.321 e. The zero-order valence-corrected chi connectivity index (χ0v) is 10.1. The molecule has 1 atom stereocenters. The van der Waals surface area contributed by atoms with Crippen LogP contribution < -0.4 is 16.0 Å². The van der Waals surface area contributed by atoms with Crippen molar-refractivity contribution in [2.75, 3.05) is 24.5 Å². The van der Waals surface area contributed by atoms with Gasteiger partial charge in [0.15, 0.2) is 0 Å². The number of nitrogens with zero attached hydrogens (tertiary/aromatic N) is 1. The number of anilines is 1. The highest BCUT2D eigenvalue weighted by Crippen LogP contribution is 2.20. The number of hydrogen-bond acceptors (Lipinski definition) is 2. The van der Waals surface area contributed by atoms with E-state index in [1.54, 1.807) is 4.90 Å². The highest BCUT2D eigenvalue weighted by Gasteiger charge is 2.25. The second-order valence-electron chi connectivity index (χ2n) is 4.58. The average Bonchev–Trinajstić information content (AvgIpc) is 2.32.